The van der Waals surface area contributed by atoms with Gasteiger partial charge in [0.25, 0.3) is 0 Å². The molecule has 0 fully saturated rings. The van der Waals surface area contributed by atoms with E-state index in [0.29, 0.717) is 11.1 Å². The molecule has 0 radical (unpaired) electrons. The van der Waals surface area contributed by atoms with Crippen molar-refractivity contribution >= 4 is 35.7 Å². The summed E-state index contributed by atoms with van der Waals surface area (Å²) in [6.07, 6.45) is 17.4. The highest BCUT2D eigenvalue weighted by Crippen LogP contribution is 2.19. The highest BCUT2D eigenvalue weighted by Gasteiger charge is 2.15. The molecule has 0 saturated heterocycles. The first-order chi connectivity index (χ1) is 28.8. The minimum atomic E-state index is -0.505. The number of hydrogen-bond donors (Lipinski definition) is 0. The quantitative estimate of drug-likeness (QED) is 0.0320. The highest BCUT2D eigenvalue weighted by atomic mass is 16.6. The average molecular weight is 805 g/mol. The lowest BCUT2D eigenvalue weighted by Gasteiger charge is -2.17. The zero-order chi connectivity index (χ0) is 41.9. The van der Waals surface area contributed by atoms with Gasteiger partial charge in [-0.2, -0.15) is 0 Å². The van der Waals surface area contributed by atoms with Crippen LogP contribution in [-0.2, 0) is 14.2 Å². The molecule has 4 aromatic carbocycles. The van der Waals surface area contributed by atoms with E-state index in [0.717, 1.165) is 60.1 Å². The largest absolute Gasteiger partial charge is 0.494 e. The summed E-state index contributed by atoms with van der Waals surface area (Å²) in [5.74, 6) is 0.807. The van der Waals surface area contributed by atoms with E-state index in [9.17, 15) is 9.59 Å². The van der Waals surface area contributed by atoms with E-state index < -0.39 is 24.1 Å². The first kappa shape index (κ1) is 46.4. The van der Waals surface area contributed by atoms with Crippen LogP contribution >= 0.6 is 0 Å². The molecular weight excluding hydrogens is 741 g/mol. The van der Waals surface area contributed by atoms with Gasteiger partial charge in [0.2, 0.25) is 0 Å². The van der Waals surface area contributed by atoms with E-state index in [4.69, 9.17) is 23.7 Å². The lowest BCUT2D eigenvalue weighted by Crippen LogP contribution is -2.25. The van der Waals surface area contributed by atoms with Gasteiger partial charge in [-0.3, -0.25) is 9.98 Å². The van der Waals surface area contributed by atoms with Gasteiger partial charge in [-0.1, -0.05) is 78.1 Å². The fourth-order valence-electron chi connectivity index (χ4n) is 6.08. The molecule has 316 valence electrons. The molecule has 2 atom stereocenters. The second-order valence-corrected chi connectivity index (χ2v) is 14.9. The van der Waals surface area contributed by atoms with Gasteiger partial charge in [0.15, 0.2) is 0 Å². The van der Waals surface area contributed by atoms with Gasteiger partial charge in [-0.05, 0) is 135 Å². The Morgan fingerprint density at radius 3 is 1.22 bits per heavy atom. The number of ether oxygens (including phenoxy) is 5. The SMILES string of the molecule is CCCCCCCCOc1ccc(C=Nc2ccc(C(=O)O[C@@H](C)COC[C@H](C)OC(=O)c3ccc(N=Cc4ccc(OCCCCCCCC)cc4)cc3)cc2)cc1. The van der Waals surface area contributed by atoms with Gasteiger partial charge in [0.1, 0.15) is 23.7 Å². The molecule has 59 heavy (non-hydrogen) atoms. The van der Waals surface area contributed by atoms with Crippen molar-refractivity contribution in [3.8, 4) is 11.5 Å². The van der Waals surface area contributed by atoms with Gasteiger partial charge in [0.05, 0.1) is 48.9 Å². The zero-order valence-corrected chi connectivity index (χ0v) is 35.6. The topological polar surface area (TPSA) is 105 Å². The fourth-order valence-corrected chi connectivity index (χ4v) is 6.08. The van der Waals surface area contributed by atoms with Gasteiger partial charge < -0.3 is 23.7 Å². The minimum absolute atomic E-state index is 0.153. The van der Waals surface area contributed by atoms with Crippen molar-refractivity contribution in [2.75, 3.05) is 26.4 Å². The molecule has 0 bridgehead atoms. The highest BCUT2D eigenvalue weighted by molar-refractivity contribution is 5.91. The molecule has 0 aliphatic heterocycles. The molecule has 4 rings (SSSR count). The van der Waals surface area contributed by atoms with Gasteiger partial charge in [-0.25, -0.2) is 9.59 Å². The summed E-state index contributed by atoms with van der Waals surface area (Å²) in [6.45, 7) is 9.74. The third-order valence-electron chi connectivity index (χ3n) is 9.55. The third kappa shape index (κ3) is 18.9. The van der Waals surface area contributed by atoms with Crippen LogP contribution in [0.2, 0.25) is 0 Å². The molecule has 0 aliphatic carbocycles. The van der Waals surface area contributed by atoms with E-state index in [1.165, 1.54) is 64.2 Å². The van der Waals surface area contributed by atoms with Crippen molar-refractivity contribution in [2.24, 2.45) is 9.98 Å². The molecule has 0 aliphatic rings. The first-order valence-electron chi connectivity index (χ1n) is 21.6. The Labute approximate surface area is 352 Å². The third-order valence-corrected chi connectivity index (χ3v) is 9.55. The van der Waals surface area contributed by atoms with E-state index in [1.807, 2.05) is 48.5 Å². The Hall–Kier alpha value is -5.28. The molecule has 0 aromatic heterocycles. The van der Waals surface area contributed by atoms with E-state index in [2.05, 4.69) is 23.8 Å². The Kier molecular flexibility index (Phi) is 21.6. The fraction of sp³-hybridized carbons (Fsp3) is 0.440. The molecule has 9 heteroatoms. The second kappa shape index (κ2) is 27.4. The maximum atomic E-state index is 12.7. The maximum Gasteiger partial charge on any atom is 0.338 e. The second-order valence-electron chi connectivity index (χ2n) is 14.9. The summed E-state index contributed by atoms with van der Waals surface area (Å²) >= 11 is 0. The van der Waals surface area contributed by atoms with Crippen molar-refractivity contribution in [1.29, 1.82) is 0 Å². The van der Waals surface area contributed by atoms with Crippen molar-refractivity contribution < 1.29 is 33.3 Å². The molecule has 0 heterocycles. The van der Waals surface area contributed by atoms with Crippen LogP contribution in [0.3, 0.4) is 0 Å². The Morgan fingerprint density at radius 1 is 0.492 bits per heavy atom. The number of nitrogens with zero attached hydrogens (tertiary/aromatic N) is 2. The predicted octanol–water partition coefficient (Wildman–Crippen LogP) is 12.5. The predicted molar refractivity (Wildman–Crippen MR) is 239 cm³/mol. The van der Waals surface area contributed by atoms with Crippen LogP contribution < -0.4 is 9.47 Å². The number of unbranched alkanes of at least 4 members (excludes halogenated alkanes) is 10. The average Bonchev–Trinajstić information content (AvgIpc) is 3.25. The summed E-state index contributed by atoms with van der Waals surface area (Å²) in [7, 11) is 0. The van der Waals surface area contributed by atoms with Crippen LogP contribution in [0.4, 0.5) is 11.4 Å². The molecule has 0 saturated carbocycles. The number of carbonyl (C=O) groups excluding carboxylic acids is 2. The summed E-state index contributed by atoms with van der Waals surface area (Å²) in [5.41, 5.74) is 4.18. The lowest BCUT2D eigenvalue weighted by atomic mass is 10.1. The number of carbonyl (C=O) groups is 2. The normalized spacial score (nSPS) is 12.4. The van der Waals surface area contributed by atoms with E-state index in [1.54, 1.807) is 74.8 Å². The molecule has 0 N–H and O–H groups in total. The van der Waals surface area contributed by atoms with Crippen molar-refractivity contribution in [2.45, 2.75) is 117 Å². The summed E-state index contributed by atoms with van der Waals surface area (Å²) in [5, 5.41) is 0. The van der Waals surface area contributed by atoms with Crippen LogP contribution in [0.25, 0.3) is 0 Å². The smallest absolute Gasteiger partial charge is 0.338 e. The van der Waals surface area contributed by atoms with Gasteiger partial charge >= 0.3 is 11.9 Å². The molecular formula is C50H64N2O7. The Bertz CT molecular complexity index is 1690. The summed E-state index contributed by atoms with van der Waals surface area (Å²) in [4.78, 5) is 34.5. The van der Waals surface area contributed by atoms with Crippen LogP contribution in [0, 0.1) is 0 Å². The van der Waals surface area contributed by atoms with Gasteiger partial charge in [0, 0.05) is 12.4 Å². The number of hydrogen-bond acceptors (Lipinski definition) is 9. The summed E-state index contributed by atoms with van der Waals surface area (Å²) in [6, 6.07) is 29.6. The van der Waals surface area contributed by atoms with Crippen molar-refractivity contribution in [3.05, 3.63) is 119 Å². The number of aliphatic imine (C=N–C) groups is 2. The molecule has 0 amide bonds. The van der Waals surface area contributed by atoms with Crippen molar-refractivity contribution in [3.63, 3.8) is 0 Å². The zero-order valence-electron chi connectivity index (χ0n) is 35.6. The molecule has 4 aromatic rings. The Balaban J connectivity index is 1.09. The molecule has 0 unspecified atom stereocenters. The van der Waals surface area contributed by atoms with E-state index in [-0.39, 0.29) is 13.2 Å². The van der Waals surface area contributed by atoms with Crippen LogP contribution in [0.1, 0.15) is 137 Å². The maximum absolute atomic E-state index is 12.7. The number of rotatable bonds is 28. The monoisotopic (exact) mass is 804 g/mol. The van der Waals surface area contributed by atoms with Gasteiger partial charge in [-0.15, -0.1) is 0 Å². The molecule has 9 nitrogen and oxygen atoms in total. The van der Waals surface area contributed by atoms with Crippen LogP contribution in [0.15, 0.2) is 107 Å². The molecule has 0 spiro atoms. The minimum Gasteiger partial charge on any atom is -0.494 e. The number of esters is 2. The lowest BCUT2D eigenvalue weighted by molar-refractivity contribution is -0.0262. The number of benzene rings is 4. The van der Waals surface area contributed by atoms with E-state index >= 15 is 0 Å². The standard InChI is InChI=1S/C50H64N2O7/c1-5-7-9-11-13-15-33-56-47-29-17-41(18-30-47)35-51-45-25-21-43(22-26-45)49(53)58-39(3)37-55-38-40(4)59-50(54)44-23-27-46(28-24-44)52-36-42-19-31-48(32-20-42)57-34-16-14-12-10-8-6-2/h17-32,35-36,39-40H,5-16,33-34,37-38H2,1-4H3/t39-,40-/m0/s1. The van der Waals surface area contributed by atoms with Crippen molar-refractivity contribution in [1.82, 2.24) is 0 Å². The summed E-state index contributed by atoms with van der Waals surface area (Å²) < 4.78 is 28.6. The van der Waals surface area contributed by atoms with Crippen LogP contribution in [-0.4, -0.2) is 63.0 Å². The van der Waals surface area contributed by atoms with Crippen LogP contribution in [0.5, 0.6) is 11.5 Å². The Morgan fingerprint density at radius 2 is 0.847 bits per heavy atom. The first-order valence-corrected chi connectivity index (χ1v) is 21.6.